The lowest BCUT2D eigenvalue weighted by atomic mass is 10.4. The quantitative estimate of drug-likeness (QED) is 0.751. The van der Waals surface area contributed by atoms with Crippen LogP contribution in [0.4, 0.5) is 10.2 Å². The van der Waals surface area contributed by atoms with Crippen LogP contribution in [-0.4, -0.2) is 26.8 Å². The number of rotatable bonds is 4. The number of hydrogen-bond donors (Lipinski definition) is 1. The summed E-state index contributed by atoms with van der Waals surface area (Å²) in [5, 5.41) is 8.16. The third-order valence-corrected chi connectivity index (χ3v) is 4.06. The Morgan fingerprint density at radius 1 is 1.24 bits per heavy atom. The summed E-state index contributed by atoms with van der Waals surface area (Å²) in [4.78, 5) is 10.0. The molecule has 2 aromatic heterocycles. The lowest BCUT2D eigenvalue weighted by Crippen LogP contribution is -2.02. The van der Waals surface area contributed by atoms with Crippen molar-refractivity contribution in [3.05, 3.63) is 42.1 Å². The number of benzene rings is 1. The van der Waals surface area contributed by atoms with Gasteiger partial charge in [0.05, 0.1) is 17.3 Å². The number of hydrogen-bond acceptors (Lipinski definition) is 5. The minimum absolute atomic E-state index is 0.232. The van der Waals surface area contributed by atoms with Gasteiger partial charge in [0, 0.05) is 19.0 Å². The number of anilines is 1. The molecule has 0 saturated carbocycles. The molecule has 0 atom stereocenters. The summed E-state index contributed by atoms with van der Waals surface area (Å²) in [5.74, 6) is 1.86. The van der Waals surface area contributed by atoms with Crippen molar-refractivity contribution in [2.75, 3.05) is 12.4 Å². The molecule has 0 spiro atoms. The van der Waals surface area contributed by atoms with E-state index in [9.17, 15) is 4.39 Å². The summed E-state index contributed by atoms with van der Waals surface area (Å²) in [6.07, 6.45) is 1.75. The molecule has 108 valence electrons. The zero-order valence-electron chi connectivity index (χ0n) is 11.7. The standard InChI is InChI=1S/C14H14FN5S/c1-16-13-11-7-17-20(2)14(11)19-12(18-13)8-21-10-5-3-9(15)4-6-10/h3-7H,8H2,1-2H3,(H,16,18,19). The van der Waals surface area contributed by atoms with Gasteiger partial charge >= 0.3 is 0 Å². The van der Waals surface area contributed by atoms with E-state index in [-0.39, 0.29) is 5.82 Å². The fourth-order valence-electron chi connectivity index (χ4n) is 2.00. The van der Waals surface area contributed by atoms with Crippen molar-refractivity contribution in [1.29, 1.82) is 0 Å². The monoisotopic (exact) mass is 303 g/mol. The molecule has 1 aromatic carbocycles. The molecule has 3 rings (SSSR count). The van der Waals surface area contributed by atoms with Crippen molar-refractivity contribution in [3.63, 3.8) is 0 Å². The summed E-state index contributed by atoms with van der Waals surface area (Å²) in [5.41, 5.74) is 0.795. The van der Waals surface area contributed by atoms with E-state index >= 15 is 0 Å². The maximum Gasteiger partial charge on any atom is 0.163 e. The normalized spacial score (nSPS) is 11.0. The molecule has 21 heavy (non-hydrogen) atoms. The summed E-state index contributed by atoms with van der Waals surface area (Å²) < 4.78 is 14.6. The van der Waals surface area contributed by atoms with E-state index < -0.39 is 0 Å². The highest BCUT2D eigenvalue weighted by Crippen LogP contribution is 2.24. The van der Waals surface area contributed by atoms with Crippen LogP contribution in [0.25, 0.3) is 11.0 Å². The predicted octanol–water partition coefficient (Wildman–Crippen LogP) is 2.84. The van der Waals surface area contributed by atoms with Crippen molar-refractivity contribution >= 4 is 28.6 Å². The molecule has 2 heterocycles. The number of fused-ring (bicyclic) bond motifs is 1. The second-order valence-electron chi connectivity index (χ2n) is 4.49. The highest BCUT2D eigenvalue weighted by Gasteiger charge is 2.10. The van der Waals surface area contributed by atoms with Gasteiger partial charge in [-0.2, -0.15) is 5.10 Å². The van der Waals surface area contributed by atoms with E-state index in [2.05, 4.69) is 20.4 Å². The van der Waals surface area contributed by atoms with Gasteiger partial charge in [0.25, 0.3) is 0 Å². The Morgan fingerprint density at radius 2 is 2.00 bits per heavy atom. The molecule has 5 nitrogen and oxygen atoms in total. The molecule has 0 aliphatic carbocycles. The molecule has 7 heteroatoms. The molecular weight excluding hydrogens is 289 g/mol. The molecule has 0 aliphatic rings. The third kappa shape index (κ3) is 2.82. The van der Waals surface area contributed by atoms with Crippen molar-refractivity contribution in [1.82, 2.24) is 19.7 Å². The van der Waals surface area contributed by atoms with Gasteiger partial charge in [-0.15, -0.1) is 11.8 Å². The van der Waals surface area contributed by atoms with Gasteiger partial charge in [0.2, 0.25) is 0 Å². The smallest absolute Gasteiger partial charge is 0.163 e. The Labute approximate surface area is 125 Å². The van der Waals surface area contributed by atoms with Crippen molar-refractivity contribution in [2.45, 2.75) is 10.6 Å². The average Bonchev–Trinajstić information content (AvgIpc) is 2.87. The highest BCUT2D eigenvalue weighted by molar-refractivity contribution is 7.98. The van der Waals surface area contributed by atoms with Crippen molar-refractivity contribution in [3.8, 4) is 0 Å². The van der Waals surface area contributed by atoms with Crippen LogP contribution in [0, 0.1) is 5.82 Å². The zero-order chi connectivity index (χ0) is 14.8. The Bertz CT molecular complexity index is 769. The maximum atomic E-state index is 12.9. The van der Waals surface area contributed by atoms with Crippen LogP contribution < -0.4 is 5.32 Å². The van der Waals surface area contributed by atoms with Crippen LogP contribution in [0.2, 0.25) is 0 Å². The van der Waals surface area contributed by atoms with E-state index in [1.165, 1.54) is 12.1 Å². The highest BCUT2D eigenvalue weighted by atomic mass is 32.2. The zero-order valence-corrected chi connectivity index (χ0v) is 12.5. The predicted molar refractivity (Wildman–Crippen MR) is 81.8 cm³/mol. The van der Waals surface area contributed by atoms with Gasteiger partial charge in [0.15, 0.2) is 5.65 Å². The van der Waals surface area contributed by atoms with Gasteiger partial charge in [-0.25, -0.2) is 14.4 Å². The molecule has 0 fully saturated rings. The maximum absolute atomic E-state index is 12.9. The van der Waals surface area contributed by atoms with Crippen LogP contribution in [0.3, 0.4) is 0 Å². The second kappa shape index (κ2) is 5.69. The van der Waals surface area contributed by atoms with E-state index in [4.69, 9.17) is 0 Å². The van der Waals surface area contributed by atoms with Gasteiger partial charge < -0.3 is 5.32 Å². The number of nitrogens with one attached hydrogen (secondary N) is 1. The summed E-state index contributed by atoms with van der Waals surface area (Å²) in [6, 6.07) is 6.40. The topological polar surface area (TPSA) is 55.6 Å². The Morgan fingerprint density at radius 3 is 2.71 bits per heavy atom. The van der Waals surface area contributed by atoms with E-state index in [0.29, 0.717) is 11.6 Å². The fourth-order valence-corrected chi connectivity index (χ4v) is 2.75. The second-order valence-corrected chi connectivity index (χ2v) is 5.54. The van der Waals surface area contributed by atoms with Crippen LogP contribution >= 0.6 is 11.8 Å². The van der Waals surface area contributed by atoms with Gasteiger partial charge in [-0.05, 0) is 24.3 Å². The Balaban J connectivity index is 1.86. The van der Waals surface area contributed by atoms with E-state index in [1.807, 2.05) is 14.1 Å². The number of aryl methyl sites for hydroxylation is 1. The molecule has 0 unspecified atom stereocenters. The van der Waals surface area contributed by atoms with Crippen LogP contribution in [0.5, 0.6) is 0 Å². The fraction of sp³-hybridized carbons (Fsp3) is 0.214. The van der Waals surface area contributed by atoms with Crippen molar-refractivity contribution in [2.24, 2.45) is 7.05 Å². The van der Waals surface area contributed by atoms with Gasteiger partial charge in [0.1, 0.15) is 17.5 Å². The largest absolute Gasteiger partial charge is 0.372 e. The molecule has 3 aromatic rings. The van der Waals surface area contributed by atoms with Gasteiger partial charge in [-0.1, -0.05) is 0 Å². The van der Waals surface area contributed by atoms with E-state index in [1.54, 1.807) is 34.8 Å². The minimum atomic E-state index is -0.232. The molecule has 0 aliphatic heterocycles. The molecule has 0 amide bonds. The third-order valence-electron chi connectivity index (χ3n) is 3.06. The Kier molecular flexibility index (Phi) is 3.74. The van der Waals surface area contributed by atoms with Crippen LogP contribution in [0.1, 0.15) is 5.82 Å². The lowest BCUT2D eigenvalue weighted by molar-refractivity contribution is 0.626. The first-order chi connectivity index (χ1) is 10.2. The molecule has 0 radical (unpaired) electrons. The van der Waals surface area contributed by atoms with Crippen molar-refractivity contribution < 1.29 is 4.39 Å². The molecule has 0 bridgehead atoms. The summed E-state index contributed by atoms with van der Waals surface area (Å²) >= 11 is 1.57. The first-order valence-electron chi connectivity index (χ1n) is 6.42. The number of halogens is 1. The molecule has 1 N–H and O–H groups in total. The lowest BCUT2D eigenvalue weighted by Gasteiger charge is -2.06. The summed E-state index contributed by atoms with van der Waals surface area (Å²) in [6.45, 7) is 0. The minimum Gasteiger partial charge on any atom is -0.372 e. The number of nitrogens with zero attached hydrogens (tertiary/aromatic N) is 4. The van der Waals surface area contributed by atoms with Gasteiger partial charge in [-0.3, -0.25) is 4.68 Å². The molecular formula is C14H14FN5S. The van der Waals surface area contributed by atoms with Crippen LogP contribution in [-0.2, 0) is 12.8 Å². The summed E-state index contributed by atoms with van der Waals surface area (Å²) in [7, 11) is 3.68. The number of aromatic nitrogens is 4. The SMILES string of the molecule is CNc1nc(CSc2ccc(F)cc2)nc2c1cnn2C. The average molecular weight is 303 g/mol. The molecule has 0 saturated heterocycles. The number of thioether (sulfide) groups is 1. The first-order valence-corrected chi connectivity index (χ1v) is 7.40. The van der Waals surface area contributed by atoms with E-state index in [0.717, 1.165) is 21.7 Å². The van der Waals surface area contributed by atoms with Crippen LogP contribution in [0.15, 0.2) is 35.4 Å². The Hall–Kier alpha value is -2.15. The first kappa shape index (κ1) is 13.8.